The van der Waals surface area contributed by atoms with Gasteiger partial charge in [-0.1, -0.05) is 25.3 Å². The predicted molar refractivity (Wildman–Crippen MR) is 95.4 cm³/mol. The highest BCUT2D eigenvalue weighted by atomic mass is 32.2. The Balaban J connectivity index is 1.85. The second kappa shape index (κ2) is 8.44. The molecular weight excluding hydrogens is 342 g/mol. The summed E-state index contributed by atoms with van der Waals surface area (Å²) in [6.07, 6.45) is 6.15. The Morgan fingerprint density at radius 3 is 2.48 bits per heavy atom. The van der Waals surface area contributed by atoms with Gasteiger partial charge in [0.2, 0.25) is 21.8 Å². The van der Waals surface area contributed by atoms with E-state index in [-0.39, 0.29) is 17.3 Å². The average molecular weight is 367 g/mol. The fraction of sp³-hybridized carbons (Fsp3) is 0.529. The fourth-order valence-electron chi connectivity index (χ4n) is 3.09. The molecular formula is C17H25N3O4S. The van der Waals surface area contributed by atoms with E-state index in [1.807, 2.05) is 0 Å². The molecule has 7 nitrogen and oxygen atoms in total. The maximum atomic E-state index is 11.9. The van der Waals surface area contributed by atoms with Gasteiger partial charge in [-0.2, -0.15) is 0 Å². The SMILES string of the molecule is Cc1ccc(NC(=O)CNC(=O)CC2CCCCC2)cc1S(N)(=O)=O. The summed E-state index contributed by atoms with van der Waals surface area (Å²) in [5.41, 5.74) is 0.822. The number of carbonyl (C=O) groups excluding carboxylic acids is 2. The molecule has 138 valence electrons. The van der Waals surface area contributed by atoms with Crippen LogP contribution in [0.15, 0.2) is 23.1 Å². The van der Waals surface area contributed by atoms with Crippen molar-refractivity contribution in [1.82, 2.24) is 5.32 Å². The quantitative estimate of drug-likeness (QED) is 0.708. The van der Waals surface area contributed by atoms with E-state index in [1.165, 1.54) is 12.5 Å². The molecule has 0 bridgehead atoms. The van der Waals surface area contributed by atoms with Crippen LogP contribution < -0.4 is 15.8 Å². The molecule has 4 N–H and O–H groups in total. The van der Waals surface area contributed by atoms with E-state index in [0.29, 0.717) is 23.6 Å². The van der Waals surface area contributed by atoms with Crippen molar-refractivity contribution in [2.75, 3.05) is 11.9 Å². The first-order valence-electron chi connectivity index (χ1n) is 8.45. The highest BCUT2D eigenvalue weighted by Gasteiger charge is 2.17. The van der Waals surface area contributed by atoms with Crippen LogP contribution in [0.5, 0.6) is 0 Å². The van der Waals surface area contributed by atoms with Gasteiger partial charge >= 0.3 is 0 Å². The van der Waals surface area contributed by atoms with Crippen LogP contribution >= 0.6 is 0 Å². The Morgan fingerprint density at radius 2 is 1.84 bits per heavy atom. The number of aryl methyl sites for hydroxylation is 1. The third kappa shape index (κ3) is 6.13. The lowest BCUT2D eigenvalue weighted by Gasteiger charge is -2.20. The molecule has 0 aromatic heterocycles. The van der Waals surface area contributed by atoms with Crippen LogP contribution in [0.25, 0.3) is 0 Å². The summed E-state index contributed by atoms with van der Waals surface area (Å²) in [6.45, 7) is 1.47. The Kier molecular flexibility index (Phi) is 6.55. The largest absolute Gasteiger partial charge is 0.347 e. The molecule has 0 atom stereocenters. The van der Waals surface area contributed by atoms with Crippen molar-refractivity contribution in [3.05, 3.63) is 23.8 Å². The van der Waals surface area contributed by atoms with Crippen LogP contribution in [0.3, 0.4) is 0 Å². The molecule has 1 saturated carbocycles. The van der Waals surface area contributed by atoms with Gasteiger partial charge in [-0.25, -0.2) is 13.6 Å². The highest BCUT2D eigenvalue weighted by molar-refractivity contribution is 7.89. The lowest BCUT2D eigenvalue weighted by molar-refractivity contribution is -0.125. The van der Waals surface area contributed by atoms with Gasteiger partial charge in [0.15, 0.2) is 0 Å². The van der Waals surface area contributed by atoms with Crippen molar-refractivity contribution in [3.63, 3.8) is 0 Å². The molecule has 0 aliphatic heterocycles. The van der Waals surface area contributed by atoms with Crippen LogP contribution in [0.1, 0.15) is 44.1 Å². The maximum absolute atomic E-state index is 11.9. The monoisotopic (exact) mass is 367 g/mol. The molecule has 0 radical (unpaired) electrons. The molecule has 1 aromatic carbocycles. The molecule has 8 heteroatoms. The van der Waals surface area contributed by atoms with E-state index in [1.54, 1.807) is 19.1 Å². The van der Waals surface area contributed by atoms with E-state index >= 15 is 0 Å². The number of primary sulfonamides is 1. The van der Waals surface area contributed by atoms with Crippen molar-refractivity contribution in [2.45, 2.75) is 50.3 Å². The highest BCUT2D eigenvalue weighted by Crippen LogP contribution is 2.26. The van der Waals surface area contributed by atoms with Gasteiger partial charge in [-0.15, -0.1) is 0 Å². The topological polar surface area (TPSA) is 118 Å². The first-order chi connectivity index (χ1) is 11.8. The number of sulfonamides is 1. The zero-order chi connectivity index (χ0) is 18.4. The molecule has 0 heterocycles. The van der Waals surface area contributed by atoms with Gasteiger partial charge in [-0.3, -0.25) is 9.59 Å². The number of anilines is 1. The molecule has 1 aliphatic rings. The molecule has 0 unspecified atom stereocenters. The summed E-state index contributed by atoms with van der Waals surface area (Å²) in [5.74, 6) is -0.136. The third-order valence-corrected chi connectivity index (χ3v) is 5.48. The first kappa shape index (κ1) is 19.4. The van der Waals surface area contributed by atoms with Crippen LogP contribution in [0.4, 0.5) is 5.69 Å². The van der Waals surface area contributed by atoms with E-state index in [2.05, 4.69) is 10.6 Å². The number of benzene rings is 1. The van der Waals surface area contributed by atoms with Crippen molar-refractivity contribution >= 4 is 27.5 Å². The minimum absolute atomic E-state index is 0.0355. The van der Waals surface area contributed by atoms with Crippen molar-refractivity contribution in [3.8, 4) is 0 Å². The Bertz CT molecular complexity index is 740. The third-order valence-electron chi connectivity index (χ3n) is 4.42. The van der Waals surface area contributed by atoms with Crippen LogP contribution in [-0.2, 0) is 19.6 Å². The van der Waals surface area contributed by atoms with Crippen LogP contribution in [0.2, 0.25) is 0 Å². The smallest absolute Gasteiger partial charge is 0.243 e. The summed E-state index contributed by atoms with van der Waals surface area (Å²) in [5, 5.41) is 10.3. The maximum Gasteiger partial charge on any atom is 0.243 e. The molecule has 2 amide bonds. The van der Waals surface area contributed by atoms with Gasteiger partial charge in [0, 0.05) is 12.1 Å². The molecule has 1 aliphatic carbocycles. The lowest BCUT2D eigenvalue weighted by Crippen LogP contribution is -2.34. The Labute approximate surface area is 148 Å². The molecule has 1 fully saturated rings. The number of hydrogen-bond donors (Lipinski definition) is 3. The molecule has 1 aromatic rings. The van der Waals surface area contributed by atoms with Crippen LogP contribution in [0, 0.1) is 12.8 Å². The van der Waals surface area contributed by atoms with E-state index in [0.717, 1.165) is 25.7 Å². The second-order valence-electron chi connectivity index (χ2n) is 6.56. The number of carbonyl (C=O) groups is 2. The summed E-state index contributed by atoms with van der Waals surface area (Å²) in [7, 11) is -3.85. The Hall–Kier alpha value is -1.93. The van der Waals surface area contributed by atoms with Crippen LogP contribution in [-0.4, -0.2) is 26.8 Å². The Morgan fingerprint density at radius 1 is 1.16 bits per heavy atom. The van der Waals surface area contributed by atoms with Gasteiger partial charge < -0.3 is 10.6 Å². The molecule has 2 rings (SSSR count). The van der Waals surface area contributed by atoms with Crippen molar-refractivity contribution in [2.24, 2.45) is 11.1 Å². The molecule has 25 heavy (non-hydrogen) atoms. The number of nitrogens with one attached hydrogen (secondary N) is 2. The zero-order valence-corrected chi connectivity index (χ0v) is 15.2. The summed E-state index contributed by atoms with van der Waals surface area (Å²) >= 11 is 0. The van der Waals surface area contributed by atoms with Crippen molar-refractivity contribution < 1.29 is 18.0 Å². The summed E-state index contributed by atoms with van der Waals surface area (Å²) in [6, 6.07) is 4.47. The summed E-state index contributed by atoms with van der Waals surface area (Å²) in [4.78, 5) is 23.8. The zero-order valence-electron chi connectivity index (χ0n) is 14.4. The van der Waals surface area contributed by atoms with Gasteiger partial charge in [0.05, 0.1) is 11.4 Å². The lowest BCUT2D eigenvalue weighted by atomic mass is 9.87. The normalized spacial score (nSPS) is 15.6. The average Bonchev–Trinajstić information content (AvgIpc) is 2.55. The second-order valence-corrected chi connectivity index (χ2v) is 8.09. The number of nitrogens with two attached hydrogens (primary N) is 1. The van der Waals surface area contributed by atoms with Gasteiger partial charge in [-0.05, 0) is 43.4 Å². The van der Waals surface area contributed by atoms with Gasteiger partial charge in [0.1, 0.15) is 0 Å². The van der Waals surface area contributed by atoms with E-state index in [4.69, 9.17) is 5.14 Å². The number of rotatable bonds is 6. The minimum Gasteiger partial charge on any atom is -0.347 e. The summed E-state index contributed by atoms with van der Waals surface area (Å²) < 4.78 is 23.0. The fourth-order valence-corrected chi connectivity index (χ4v) is 3.90. The molecule has 0 saturated heterocycles. The predicted octanol–water partition coefficient (Wildman–Crippen LogP) is 1.67. The van der Waals surface area contributed by atoms with E-state index < -0.39 is 15.9 Å². The van der Waals surface area contributed by atoms with E-state index in [9.17, 15) is 18.0 Å². The van der Waals surface area contributed by atoms with Gasteiger partial charge in [0.25, 0.3) is 0 Å². The standard InChI is InChI=1S/C17H25N3O4S/c1-12-7-8-14(10-15(12)25(18,23)24)20-17(22)11-19-16(21)9-13-5-3-2-4-6-13/h7-8,10,13H,2-6,9,11H2,1H3,(H,19,21)(H,20,22)(H2,18,23,24). The van der Waals surface area contributed by atoms with Crippen molar-refractivity contribution in [1.29, 1.82) is 0 Å². The molecule has 0 spiro atoms. The number of hydrogen-bond acceptors (Lipinski definition) is 4. The number of amides is 2. The minimum atomic E-state index is -3.85. The first-order valence-corrected chi connectivity index (χ1v) is 10.0.